The van der Waals surface area contributed by atoms with E-state index in [0.717, 1.165) is 11.3 Å². The summed E-state index contributed by atoms with van der Waals surface area (Å²) in [5, 5.41) is 6.06. The van der Waals surface area contributed by atoms with Gasteiger partial charge in [-0.3, -0.25) is 4.79 Å². The smallest absolute Gasteiger partial charge is 0.255 e. The van der Waals surface area contributed by atoms with E-state index in [2.05, 4.69) is 15.6 Å². The van der Waals surface area contributed by atoms with Gasteiger partial charge in [0.25, 0.3) is 5.91 Å². The van der Waals surface area contributed by atoms with Crippen LogP contribution in [-0.2, 0) is 0 Å². The molecule has 0 unspecified atom stereocenters. The van der Waals surface area contributed by atoms with Crippen LogP contribution in [0.3, 0.4) is 0 Å². The summed E-state index contributed by atoms with van der Waals surface area (Å²) in [5.74, 6) is 1.50. The van der Waals surface area contributed by atoms with Crippen LogP contribution in [0.2, 0.25) is 0 Å². The zero-order valence-corrected chi connectivity index (χ0v) is 15.4. The number of benzene rings is 2. The molecule has 0 aliphatic heterocycles. The molecule has 3 rings (SSSR count). The number of methoxy groups -OCH3 is 2. The Hall–Kier alpha value is -3.54. The molecule has 1 aromatic heterocycles. The number of carbonyl (C=O) groups is 1. The fourth-order valence-corrected chi connectivity index (χ4v) is 2.62. The number of nitrogens with zero attached hydrogens (tertiary/aromatic N) is 1. The highest BCUT2D eigenvalue weighted by Gasteiger charge is 2.12. The number of aromatic nitrogens is 1. The quantitative estimate of drug-likeness (QED) is 0.679. The maximum absolute atomic E-state index is 12.7. The number of anilines is 3. The topological polar surface area (TPSA) is 72.5 Å². The van der Waals surface area contributed by atoms with Crippen molar-refractivity contribution < 1.29 is 14.3 Å². The van der Waals surface area contributed by atoms with Crippen LogP contribution in [-0.4, -0.2) is 25.1 Å². The number of nitrogens with one attached hydrogen (secondary N) is 2. The minimum atomic E-state index is -0.267. The largest absolute Gasteiger partial charge is 0.497 e. The number of amides is 1. The van der Waals surface area contributed by atoms with E-state index >= 15 is 0 Å². The van der Waals surface area contributed by atoms with Crippen molar-refractivity contribution in [2.24, 2.45) is 0 Å². The van der Waals surface area contributed by atoms with Gasteiger partial charge in [0.1, 0.15) is 17.3 Å². The summed E-state index contributed by atoms with van der Waals surface area (Å²) in [6.07, 6.45) is 1.59. The number of rotatable bonds is 6. The number of ether oxygens (including phenoxy) is 2. The van der Waals surface area contributed by atoms with Gasteiger partial charge in [0, 0.05) is 23.5 Å². The highest BCUT2D eigenvalue weighted by molar-refractivity contribution is 6.05. The second-order valence-corrected chi connectivity index (χ2v) is 5.94. The fraction of sp³-hybridized carbons (Fsp3) is 0.143. The predicted molar refractivity (Wildman–Crippen MR) is 106 cm³/mol. The minimum absolute atomic E-state index is 0.267. The van der Waals surface area contributed by atoms with E-state index in [4.69, 9.17) is 9.47 Å². The summed E-state index contributed by atoms with van der Waals surface area (Å²) < 4.78 is 10.5. The van der Waals surface area contributed by atoms with Gasteiger partial charge in [0.2, 0.25) is 0 Å². The van der Waals surface area contributed by atoms with Crippen molar-refractivity contribution in [3.8, 4) is 11.5 Å². The van der Waals surface area contributed by atoms with Crippen LogP contribution in [0.5, 0.6) is 11.5 Å². The molecule has 2 N–H and O–H groups in total. The molecule has 0 saturated carbocycles. The Bertz CT molecular complexity index is 957. The molecule has 6 heteroatoms. The van der Waals surface area contributed by atoms with E-state index in [1.54, 1.807) is 50.7 Å². The van der Waals surface area contributed by atoms with Crippen molar-refractivity contribution in [3.63, 3.8) is 0 Å². The third-order valence-corrected chi connectivity index (χ3v) is 3.97. The van der Waals surface area contributed by atoms with Gasteiger partial charge in [-0.2, -0.15) is 0 Å². The maximum Gasteiger partial charge on any atom is 0.255 e. The summed E-state index contributed by atoms with van der Waals surface area (Å²) in [5.41, 5.74) is 3.06. The van der Waals surface area contributed by atoms with Gasteiger partial charge >= 0.3 is 0 Å². The minimum Gasteiger partial charge on any atom is -0.497 e. The fourth-order valence-electron chi connectivity index (χ4n) is 2.62. The van der Waals surface area contributed by atoms with Gasteiger partial charge < -0.3 is 20.1 Å². The average Bonchev–Trinajstić information content (AvgIpc) is 2.68. The van der Waals surface area contributed by atoms with Gasteiger partial charge in [0.05, 0.1) is 19.9 Å². The van der Waals surface area contributed by atoms with Crippen LogP contribution in [0.15, 0.2) is 60.8 Å². The summed E-state index contributed by atoms with van der Waals surface area (Å²) in [4.78, 5) is 17.0. The molecule has 6 nitrogen and oxygen atoms in total. The molecule has 2 aromatic carbocycles. The summed E-state index contributed by atoms with van der Waals surface area (Å²) in [6.45, 7) is 2.02. The lowest BCUT2D eigenvalue weighted by molar-refractivity contribution is 0.102. The van der Waals surface area contributed by atoms with Crippen molar-refractivity contribution in [3.05, 3.63) is 71.9 Å². The Balaban J connectivity index is 1.80. The SMILES string of the molecule is COc1ccc(OC)c(NC(=O)c2ccnc(Nc3cccc(C)c3)c2)c1. The molecule has 0 atom stereocenters. The third-order valence-electron chi connectivity index (χ3n) is 3.97. The van der Waals surface area contributed by atoms with Gasteiger partial charge in [0.15, 0.2) is 0 Å². The Morgan fingerprint density at radius 3 is 2.59 bits per heavy atom. The lowest BCUT2D eigenvalue weighted by Gasteiger charge is -2.12. The van der Waals surface area contributed by atoms with E-state index in [1.165, 1.54) is 0 Å². The summed E-state index contributed by atoms with van der Waals surface area (Å²) in [6, 6.07) is 16.5. The van der Waals surface area contributed by atoms with Crippen molar-refractivity contribution in [1.82, 2.24) is 4.98 Å². The van der Waals surface area contributed by atoms with E-state index < -0.39 is 0 Å². The number of carbonyl (C=O) groups excluding carboxylic acids is 1. The van der Waals surface area contributed by atoms with Crippen LogP contribution < -0.4 is 20.1 Å². The molecule has 1 heterocycles. The van der Waals surface area contributed by atoms with E-state index in [9.17, 15) is 4.79 Å². The number of aryl methyl sites for hydroxylation is 1. The zero-order chi connectivity index (χ0) is 19.2. The highest BCUT2D eigenvalue weighted by Crippen LogP contribution is 2.29. The first kappa shape index (κ1) is 18.3. The normalized spacial score (nSPS) is 10.2. The van der Waals surface area contributed by atoms with E-state index in [0.29, 0.717) is 28.6 Å². The van der Waals surface area contributed by atoms with Crippen LogP contribution in [0.1, 0.15) is 15.9 Å². The Morgan fingerprint density at radius 1 is 1.00 bits per heavy atom. The molecule has 0 bridgehead atoms. The molecule has 0 spiro atoms. The predicted octanol–water partition coefficient (Wildman–Crippen LogP) is 4.40. The standard InChI is InChI=1S/C21H21N3O3/c1-14-5-4-6-16(11-14)23-20-12-15(9-10-22-20)21(25)24-18-13-17(26-2)7-8-19(18)27-3/h4-13H,1-3H3,(H,22,23)(H,24,25). The number of hydrogen-bond acceptors (Lipinski definition) is 5. The van der Waals surface area contributed by atoms with Crippen LogP contribution in [0, 0.1) is 6.92 Å². The van der Waals surface area contributed by atoms with E-state index in [1.807, 2.05) is 31.2 Å². The first-order chi connectivity index (χ1) is 13.1. The van der Waals surface area contributed by atoms with Crippen molar-refractivity contribution in [1.29, 1.82) is 0 Å². The molecule has 0 aliphatic rings. The highest BCUT2D eigenvalue weighted by atomic mass is 16.5. The molecule has 1 amide bonds. The lowest BCUT2D eigenvalue weighted by atomic mass is 10.2. The molecule has 0 fully saturated rings. The second kappa shape index (κ2) is 8.23. The second-order valence-electron chi connectivity index (χ2n) is 5.94. The molecule has 27 heavy (non-hydrogen) atoms. The van der Waals surface area contributed by atoms with E-state index in [-0.39, 0.29) is 5.91 Å². The molecular weight excluding hydrogens is 342 g/mol. The maximum atomic E-state index is 12.7. The van der Waals surface area contributed by atoms with Gasteiger partial charge in [-0.05, 0) is 48.9 Å². The monoisotopic (exact) mass is 363 g/mol. The Morgan fingerprint density at radius 2 is 1.85 bits per heavy atom. The molecule has 0 radical (unpaired) electrons. The van der Waals surface area contributed by atoms with Crippen molar-refractivity contribution in [2.75, 3.05) is 24.9 Å². The Kier molecular flexibility index (Phi) is 5.56. The van der Waals surface area contributed by atoms with Gasteiger partial charge in [-0.25, -0.2) is 4.98 Å². The average molecular weight is 363 g/mol. The van der Waals surface area contributed by atoms with Gasteiger partial charge in [-0.1, -0.05) is 12.1 Å². The molecule has 138 valence electrons. The van der Waals surface area contributed by atoms with Crippen LogP contribution in [0.25, 0.3) is 0 Å². The summed E-state index contributed by atoms with van der Waals surface area (Å²) in [7, 11) is 3.12. The molecule has 0 saturated heterocycles. The first-order valence-corrected chi connectivity index (χ1v) is 8.42. The third kappa shape index (κ3) is 4.55. The molecule has 3 aromatic rings. The molecule has 0 aliphatic carbocycles. The van der Waals surface area contributed by atoms with Crippen LogP contribution >= 0.6 is 0 Å². The van der Waals surface area contributed by atoms with Crippen molar-refractivity contribution >= 4 is 23.1 Å². The number of pyridine rings is 1. The van der Waals surface area contributed by atoms with Gasteiger partial charge in [-0.15, -0.1) is 0 Å². The number of hydrogen-bond donors (Lipinski definition) is 2. The first-order valence-electron chi connectivity index (χ1n) is 8.42. The lowest BCUT2D eigenvalue weighted by Crippen LogP contribution is -2.13. The zero-order valence-electron chi connectivity index (χ0n) is 15.4. The Labute approximate surface area is 158 Å². The van der Waals surface area contributed by atoms with Crippen LogP contribution in [0.4, 0.5) is 17.2 Å². The summed E-state index contributed by atoms with van der Waals surface area (Å²) >= 11 is 0. The van der Waals surface area contributed by atoms with Crippen molar-refractivity contribution in [2.45, 2.75) is 6.92 Å². The molecular formula is C21H21N3O3.